The van der Waals surface area contributed by atoms with Gasteiger partial charge in [-0.2, -0.15) is 7.87 Å². The van der Waals surface area contributed by atoms with Crippen molar-refractivity contribution in [1.82, 2.24) is 4.67 Å². The molecule has 7 aromatic rings. The van der Waals surface area contributed by atoms with Crippen molar-refractivity contribution in [3.05, 3.63) is 145 Å². The second-order valence-electron chi connectivity index (χ2n) is 12.0. The van der Waals surface area contributed by atoms with Gasteiger partial charge in [-0.05, 0) is 82.2 Å². The average Bonchev–Trinajstić information content (AvgIpc) is 3.82. The van der Waals surface area contributed by atoms with Crippen LogP contribution in [0.25, 0.3) is 77.2 Å². The van der Waals surface area contributed by atoms with E-state index < -0.39 is 0 Å². The Morgan fingerprint density at radius 3 is 1.71 bits per heavy atom. The van der Waals surface area contributed by atoms with Crippen molar-refractivity contribution in [2.45, 2.75) is 0 Å². The van der Waals surface area contributed by atoms with Crippen LogP contribution >= 0.6 is 22.9 Å². The molecule has 1 aliphatic heterocycles. The lowest BCUT2D eigenvalue weighted by Gasteiger charge is -2.20. The van der Waals surface area contributed by atoms with Gasteiger partial charge in [-0.15, -0.1) is 0 Å². The summed E-state index contributed by atoms with van der Waals surface area (Å²) in [5.41, 5.74) is 19.4. The van der Waals surface area contributed by atoms with Gasteiger partial charge in [0.1, 0.15) is 0 Å². The van der Waals surface area contributed by atoms with Crippen LogP contribution in [0.15, 0.2) is 153 Å². The first-order chi connectivity index (χ1) is 24.2. The van der Waals surface area contributed by atoms with E-state index >= 15 is 0 Å². The normalized spacial score (nSPS) is 13.4. The first kappa shape index (κ1) is 29.2. The number of rotatable bonds is 5. The first-order valence-electron chi connectivity index (χ1n) is 16.1. The van der Waals surface area contributed by atoms with Crippen LogP contribution in [0.1, 0.15) is 5.56 Å². The molecule has 0 amide bonds. The molecule has 1 aliphatic carbocycles. The van der Waals surface area contributed by atoms with Crippen LogP contribution in [-0.4, -0.2) is 29.9 Å². The Morgan fingerprint density at radius 2 is 1.12 bits per heavy atom. The van der Waals surface area contributed by atoms with E-state index in [0.29, 0.717) is 11.7 Å². The minimum Gasteiger partial charge on any atom is -0.375 e. The van der Waals surface area contributed by atoms with Gasteiger partial charge in [-0.1, -0.05) is 140 Å². The molecule has 9 rings (SSSR count). The second kappa shape index (κ2) is 11.9. The number of fused-ring (bicyclic) bond motifs is 4. The van der Waals surface area contributed by atoms with Crippen molar-refractivity contribution in [2.24, 2.45) is 18.9 Å². The van der Waals surface area contributed by atoms with Crippen molar-refractivity contribution < 1.29 is 0 Å². The largest absolute Gasteiger partial charge is 0.457 e. The Hall–Kier alpha value is -5.95. The van der Waals surface area contributed by atoms with E-state index in [9.17, 15) is 0 Å². The van der Waals surface area contributed by atoms with Gasteiger partial charge in [-0.25, -0.2) is 4.99 Å². The zero-order valence-corrected chi connectivity index (χ0v) is 28.3. The van der Waals surface area contributed by atoms with Crippen LogP contribution < -0.4 is 10.4 Å². The van der Waals surface area contributed by atoms with E-state index in [4.69, 9.17) is 5.73 Å². The summed E-state index contributed by atoms with van der Waals surface area (Å²) < 4.78 is 8.52. The van der Waals surface area contributed by atoms with Gasteiger partial charge in [0.05, 0.1) is 22.9 Å². The molecule has 2 aliphatic rings. The van der Waals surface area contributed by atoms with Crippen LogP contribution in [0, 0.1) is 0 Å². The highest BCUT2D eigenvalue weighted by Gasteiger charge is 2.31. The molecule has 0 aromatic heterocycles. The molecule has 0 saturated heterocycles. The number of hydrogen-bond donors (Lipinski definition) is 1. The second-order valence-corrected chi connectivity index (χ2v) is 12.5. The summed E-state index contributed by atoms with van der Waals surface area (Å²) in [6, 6.07) is 50.2. The van der Waals surface area contributed by atoms with Gasteiger partial charge >= 0.3 is 5.84 Å². The predicted octanol–water partition coefficient (Wildman–Crippen LogP) is 9.72. The molecule has 0 atom stereocenters. The average molecular weight is 741 g/mol. The van der Waals surface area contributed by atoms with E-state index in [2.05, 4.69) is 145 Å². The third kappa shape index (κ3) is 4.76. The molecule has 5 nitrogen and oxygen atoms in total. The Morgan fingerprint density at radius 1 is 0.551 bits per heavy atom. The summed E-state index contributed by atoms with van der Waals surface area (Å²) in [6.07, 6.45) is 3.19. The van der Waals surface area contributed by atoms with Gasteiger partial charge in [0.25, 0.3) is 0 Å². The standard InChI is InChI=1S/C43H27IN5/c44-49-42(48-41(45)43-46-24-25-47-43)29-20-18-26(19-21-29)30-22-23-35-38-31(30)16-9-17-34(38)39-36(27-10-3-1-4-11-27)32-14-7-8-15-33(32)37(40(35)39)28-12-5-2-6-13-28/h1-25H,(H2,45,48,49)/q+1. The molecule has 7 aromatic carbocycles. The molecule has 2 N–H and O–H groups in total. The molecule has 0 fully saturated rings. The maximum absolute atomic E-state index is 6.18. The molecular weight excluding hydrogens is 713 g/mol. The Balaban J connectivity index is 1.26. The molecule has 49 heavy (non-hydrogen) atoms. The van der Waals surface area contributed by atoms with E-state index in [-0.39, 0.29) is 5.84 Å². The van der Waals surface area contributed by atoms with Crippen LogP contribution in [0.5, 0.6) is 0 Å². The number of hydrogen-bond acceptors (Lipinski definition) is 2. The predicted molar refractivity (Wildman–Crippen MR) is 216 cm³/mol. The fraction of sp³-hybridized carbons (Fsp3) is 0. The maximum atomic E-state index is 6.18. The summed E-state index contributed by atoms with van der Waals surface area (Å²) >= 11 is 1.95. The van der Waals surface area contributed by atoms with Crippen LogP contribution in [0.3, 0.4) is 0 Å². The molecule has 0 spiro atoms. The molecule has 0 saturated carbocycles. The molecule has 0 unspecified atom stereocenters. The van der Waals surface area contributed by atoms with Gasteiger partial charge in [0, 0.05) is 5.56 Å². The number of nitrogens with zero attached hydrogens (tertiary/aromatic N) is 4. The molecular formula is C43H27IN5+. The topological polar surface area (TPSA) is 77.2 Å². The Labute approximate surface area is 297 Å². The monoisotopic (exact) mass is 740 g/mol. The van der Waals surface area contributed by atoms with Crippen molar-refractivity contribution in [3.8, 4) is 55.6 Å². The number of nitrogens with two attached hydrogens (primary N) is 1. The first-order valence-corrected chi connectivity index (χ1v) is 17.0. The zero-order chi connectivity index (χ0) is 32.9. The summed E-state index contributed by atoms with van der Waals surface area (Å²) in [7, 11) is 0. The fourth-order valence-electron chi connectivity index (χ4n) is 7.33. The molecule has 230 valence electrons. The van der Waals surface area contributed by atoms with Gasteiger partial charge in [0.2, 0.25) is 12.1 Å². The Bertz CT molecular complexity index is 2540. The highest BCUT2D eigenvalue weighted by atomic mass is 127. The third-order valence-corrected chi connectivity index (χ3v) is 9.83. The van der Waals surface area contributed by atoms with E-state index in [1.54, 1.807) is 12.4 Å². The summed E-state index contributed by atoms with van der Waals surface area (Å²) in [5.74, 6) is 1.13. The van der Waals surface area contributed by atoms with Crippen LogP contribution in [-0.2, 0) is 0 Å². The summed E-state index contributed by atoms with van der Waals surface area (Å²) in [5, 5.41) is 5.02. The lowest BCUT2D eigenvalue weighted by atomic mass is 9.82. The minimum absolute atomic E-state index is 0.231. The van der Waals surface area contributed by atoms with Crippen molar-refractivity contribution >= 4 is 74.3 Å². The molecule has 0 bridgehead atoms. The quantitative estimate of drug-likeness (QED) is 0.0812. The Kier molecular flexibility index (Phi) is 7.11. The van der Waals surface area contributed by atoms with Gasteiger partial charge in [0.15, 0.2) is 12.1 Å². The van der Waals surface area contributed by atoms with Crippen molar-refractivity contribution in [3.63, 3.8) is 0 Å². The third-order valence-electron chi connectivity index (χ3n) is 9.37. The number of amidine groups is 3. The SMILES string of the molecule is NC(=NC(=NI)c1ccc(-c2ccc3c4c(cccc24)-c2c-3c(-c3ccccc3)c3ccccc3c2-c2ccccc2)cc1)C1=[N+]=CC=N1. The van der Waals surface area contributed by atoms with E-state index in [0.717, 1.165) is 11.1 Å². The summed E-state index contributed by atoms with van der Waals surface area (Å²) in [4.78, 5) is 8.67. The molecule has 1 heterocycles. The lowest BCUT2D eigenvalue weighted by Crippen LogP contribution is -2.24. The number of aliphatic imine (C=N–C) groups is 2. The maximum Gasteiger partial charge on any atom is 0.457 e. The lowest BCUT2D eigenvalue weighted by molar-refractivity contribution is 1.51. The smallest absolute Gasteiger partial charge is 0.375 e. The van der Waals surface area contributed by atoms with Crippen LogP contribution in [0.2, 0.25) is 0 Å². The van der Waals surface area contributed by atoms with Gasteiger partial charge in [-0.3, -0.25) is 0 Å². The molecule has 6 heteroatoms. The zero-order valence-electron chi connectivity index (χ0n) is 26.2. The highest BCUT2D eigenvalue weighted by Crippen LogP contribution is 2.58. The van der Waals surface area contributed by atoms with Gasteiger partial charge < -0.3 is 5.73 Å². The van der Waals surface area contributed by atoms with E-state index in [1.165, 1.54) is 71.6 Å². The number of benzene rings is 7. The molecule has 0 radical (unpaired) electrons. The highest BCUT2D eigenvalue weighted by molar-refractivity contribution is 14.1. The van der Waals surface area contributed by atoms with E-state index in [1.807, 2.05) is 35.0 Å². The van der Waals surface area contributed by atoms with Crippen LogP contribution in [0.4, 0.5) is 0 Å². The minimum atomic E-state index is 0.231. The van der Waals surface area contributed by atoms with Crippen molar-refractivity contribution in [2.75, 3.05) is 0 Å². The fourth-order valence-corrected chi connectivity index (χ4v) is 7.72. The number of halogens is 1. The summed E-state index contributed by atoms with van der Waals surface area (Å²) in [6.45, 7) is 0. The van der Waals surface area contributed by atoms with Crippen molar-refractivity contribution in [1.29, 1.82) is 0 Å².